The SMILES string of the molecule is Cc1ccc(C(=O)Nc2cc(Br)c[nH]c2=O)cc1C. The first kappa shape index (κ1) is 13.5. The van der Waals surface area contributed by atoms with Gasteiger partial charge in [-0.05, 0) is 59.1 Å². The molecule has 0 saturated carbocycles. The van der Waals surface area contributed by atoms with Gasteiger partial charge in [0.15, 0.2) is 0 Å². The van der Waals surface area contributed by atoms with E-state index in [1.54, 1.807) is 18.2 Å². The van der Waals surface area contributed by atoms with E-state index >= 15 is 0 Å². The highest BCUT2D eigenvalue weighted by Gasteiger charge is 2.09. The van der Waals surface area contributed by atoms with Crippen LogP contribution in [0.15, 0.2) is 39.7 Å². The summed E-state index contributed by atoms with van der Waals surface area (Å²) < 4.78 is 0.697. The van der Waals surface area contributed by atoms with Crippen molar-refractivity contribution < 1.29 is 4.79 Å². The van der Waals surface area contributed by atoms with Gasteiger partial charge in [0.05, 0.1) is 0 Å². The van der Waals surface area contributed by atoms with Gasteiger partial charge in [-0.2, -0.15) is 0 Å². The minimum Gasteiger partial charge on any atom is -0.326 e. The number of hydrogen-bond acceptors (Lipinski definition) is 2. The Morgan fingerprint density at radius 1 is 1.21 bits per heavy atom. The van der Waals surface area contributed by atoms with Crippen molar-refractivity contribution in [1.29, 1.82) is 0 Å². The van der Waals surface area contributed by atoms with Gasteiger partial charge in [-0.1, -0.05) is 6.07 Å². The number of aromatic nitrogens is 1. The highest BCUT2D eigenvalue weighted by atomic mass is 79.9. The molecule has 0 spiro atoms. The number of nitrogens with one attached hydrogen (secondary N) is 2. The quantitative estimate of drug-likeness (QED) is 0.893. The molecule has 0 bridgehead atoms. The van der Waals surface area contributed by atoms with E-state index in [0.29, 0.717) is 10.0 Å². The zero-order valence-electron chi connectivity index (χ0n) is 10.6. The smallest absolute Gasteiger partial charge is 0.271 e. The number of aromatic amines is 1. The summed E-state index contributed by atoms with van der Waals surface area (Å²) in [4.78, 5) is 26.2. The van der Waals surface area contributed by atoms with Crippen LogP contribution in [0.25, 0.3) is 0 Å². The maximum atomic E-state index is 12.1. The van der Waals surface area contributed by atoms with Crippen LogP contribution in [0.2, 0.25) is 0 Å². The van der Waals surface area contributed by atoms with E-state index in [0.717, 1.165) is 11.1 Å². The first-order valence-electron chi connectivity index (χ1n) is 5.74. The summed E-state index contributed by atoms with van der Waals surface area (Å²) in [5.74, 6) is -0.299. The number of carbonyl (C=O) groups is 1. The molecule has 0 atom stereocenters. The number of halogens is 1. The number of anilines is 1. The van der Waals surface area contributed by atoms with Crippen LogP contribution in [0.4, 0.5) is 5.69 Å². The van der Waals surface area contributed by atoms with Gasteiger partial charge in [0.1, 0.15) is 5.69 Å². The monoisotopic (exact) mass is 320 g/mol. The van der Waals surface area contributed by atoms with Gasteiger partial charge >= 0.3 is 0 Å². The molecule has 1 aromatic carbocycles. The lowest BCUT2D eigenvalue weighted by Crippen LogP contribution is -2.19. The van der Waals surface area contributed by atoms with Crippen LogP contribution in [-0.2, 0) is 0 Å². The van der Waals surface area contributed by atoms with Crippen LogP contribution >= 0.6 is 15.9 Å². The topological polar surface area (TPSA) is 62.0 Å². The van der Waals surface area contributed by atoms with Gasteiger partial charge in [0.25, 0.3) is 11.5 Å². The second-order valence-corrected chi connectivity index (χ2v) is 5.23. The molecule has 1 heterocycles. The Hall–Kier alpha value is -1.88. The Kier molecular flexibility index (Phi) is 3.85. The van der Waals surface area contributed by atoms with Crippen molar-refractivity contribution in [2.75, 3.05) is 5.32 Å². The molecule has 0 aliphatic heterocycles. The van der Waals surface area contributed by atoms with Crippen LogP contribution in [0.5, 0.6) is 0 Å². The van der Waals surface area contributed by atoms with E-state index in [2.05, 4.69) is 26.2 Å². The molecule has 2 N–H and O–H groups in total. The zero-order valence-corrected chi connectivity index (χ0v) is 12.2. The second-order valence-electron chi connectivity index (χ2n) is 4.31. The molecule has 0 fully saturated rings. The summed E-state index contributed by atoms with van der Waals surface area (Å²) in [6, 6.07) is 6.99. The fraction of sp³-hybridized carbons (Fsp3) is 0.143. The van der Waals surface area contributed by atoms with Crippen molar-refractivity contribution in [3.8, 4) is 0 Å². The molecule has 2 rings (SSSR count). The minimum atomic E-state index is -0.333. The Morgan fingerprint density at radius 3 is 2.63 bits per heavy atom. The maximum Gasteiger partial charge on any atom is 0.271 e. The molecule has 19 heavy (non-hydrogen) atoms. The molecule has 1 amide bonds. The lowest BCUT2D eigenvalue weighted by atomic mass is 10.1. The van der Waals surface area contributed by atoms with Crippen LogP contribution in [0.1, 0.15) is 21.5 Å². The molecular weight excluding hydrogens is 308 g/mol. The summed E-state index contributed by atoms with van der Waals surface area (Å²) >= 11 is 3.24. The third kappa shape index (κ3) is 3.12. The molecule has 0 saturated heterocycles. The molecule has 2 aromatic rings. The highest BCUT2D eigenvalue weighted by molar-refractivity contribution is 9.10. The molecule has 0 radical (unpaired) electrons. The molecule has 5 heteroatoms. The summed E-state index contributed by atoms with van der Waals surface area (Å²) in [6.45, 7) is 3.92. The van der Waals surface area contributed by atoms with Gasteiger partial charge in [-0.3, -0.25) is 9.59 Å². The number of carbonyl (C=O) groups excluding carboxylic acids is 1. The van der Waals surface area contributed by atoms with Crippen LogP contribution in [0.3, 0.4) is 0 Å². The number of amides is 1. The van der Waals surface area contributed by atoms with E-state index in [9.17, 15) is 9.59 Å². The van der Waals surface area contributed by atoms with Crippen molar-refractivity contribution in [3.05, 3.63) is 62.0 Å². The number of H-pyrrole nitrogens is 1. The molecule has 98 valence electrons. The molecule has 0 aliphatic rings. The second kappa shape index (κ2) is 5.40. The summed E-state index contributed by atoms with van der Waals surface area (Å²) in [7, 11) is 0. The van der Waals surface area contributed by atoms with E-state index in [-0.39, 0.29) is 17.2 Å². The maximum absolute atomic E-state index is 12.1. The van der Waals surface area contributed by atoms with Crippen molar-refractivity contribution >= 4 is 27.5 Å². The molecule has 0 unspecified atom stereocenters. The van der Waals surface area contributed by atoms with E-state index in [4.69, 9.17) is 0 Å². The van der Waals surface area contributed by atoms with E-state index in [1.165, 1.54) is 6.20 Å². The molecular formula is C14H13BrN2O2. The van der Waals surface area contributed by atoms with Crippen molar-refractivity contribution in [2.45, 2.75) is 13.8 Å². The lowest BCUT2D eigenvalue weighted by molar-refractivity contribution is 0.102. The van der Waals surface area contributed by atoms with Gasteiger partial charge in [-0.15, -0.1) is 0 Å². The first-order chi connectivity index (χ1) is 8.97. The largest absolute Gasteiger partial charge is 0.326 e. The summed E-state index contributed by atoms with van der Waals surface area (Å²) in [5, 5.41) is 2.60. The standard InChI is InChI=1S/C14H13BrN2O2/c1-8-3-4-10(5-9(8)2)13(18)17-12-6-11(15)7-16-14(12)19/h3-7H,1-2H3,(H,16,19)(H,17,18). The lowest BCUT2D eigenvalue weighted by Gasteiger charge is -2.07. The average molecular weight is 321 g/mol. The fourth-order valence-electron chi connectivity index (χ4n) is 1.63. The van der Waals surface area contributed by atoms with Gasteiger partial charge in [0.2, 0.25) is 0 Å². The Bertz CT molecular complexity index is 692. The minimum absolute atomic E-state index is 0.220. The van der Waals surface area contributed by atoms with Crippen molar-refractivity contribution in [2.24, 2.45) is 0 Å². The Morgan fingerprint density at radius 2 is 1.95 bits per heavy atom. The normalized spacial score (nSPS) is 10.3. The predicted molar refractivity (Wildman–Crippen MR) is 78.6 cm³/mol. The molecule has 4 nitrogen and oxygen atoms in total. The first-order valence-corrected chi connectivity index (χ1v) is 6.53. The predicted octanol–water partition coefficient (Wildman–Crippen LogP) is 3.01. The number of rotatable bonds is 2. The number of pyridine rings is 1. The zero-order chi connectivity index (χ0) is 14.0. The number of aryl methyl sites for hydroxylation is 2. The number of benzene rings is 1. The Balaban J connectivity index is 2.28. The van der Waals surface area contributed by atoms with Gasteiger partial charge in [-0.25, -0.2) is 0 Å². The molecule has 1 aromatic heterocycles. The number of hydrogen-bond donors (Lipinski definition) is 2. The van der Waals surface area contributed by atoms with Crippen molar-refractivity contribution in [1.82, 2.24) is 4.98 Å². The highest BCUT2D eigenvalue weighted by Crippen LogP contribution is 2.13. The summed E-state index contributed by atoms with van der Waals surface area (Å²) in [5.41, 5.74) is 2.58. The third-order valence-corrected chi connectivity index (χ3v) is 3.34. The Labute approximate surface area is 119 Å². The van der Waals surface area contributed by atoms with E-state index < -0.39 is 0 Å². The van der Waals surface area contributed by atoms with E-state index in [1.807, 2.05) is 19.9 Å². The molecule has 0 aliphatic carbocycles. The average Bonchev–Trinajstić information content (AvgIpc) is 2.37. The van der Waals surface area contributed by atoms with Crippen molar-refractivity contribution in [3.63, 3.8) is 0 Å². The van der Waals surface area contributed by atoms with Gasteiger partial charge in [0, 0.05) is 16.2 Å². The summed E-state index contributed by atoms with van der Waals surface area (Å²) in [6.07, 6.45) is 1.52. The van der Waals surface area contributed by atoms with Crippen LogP contribution < -0.4 is 10.9 Å². The fourth-order valence-corrected chi connectivity index (χ4v) is 1.97. The third-order valence-electron chi connectivity index (χ3n) is 2.89. The van der Waals surface area contributed by atoms with Gasteiger partial charge < -0.3 is 10.3 Å². The van der Waals surface area contributed by atoms with Crippen LogP contribution in [0, 0.1) is 13.8 Å². The van der Waals surface area contributed by atoms with Crippen LogP contribution in [-0.4, -0.2) is 10.9 Å².